The minimum absolute atomic E-state index is 0.542. The fraction of sp³-hybridized carbons (Fsp3) is 0.375. The summed E-state index contributed by atoms with van der Waals surface area (Å²) in [6, 6.07) is 7.70. The zero-order valence-corrected chi connectivity index (χ0v) is 13.6. The first-order valence-corrected chi connectivity index (χ1v) is 7.45. The van der Waals surface area contributed by atoms with E-state index in [0.717, 1.165) is 34.3 Å². The van der Waals surface area contributed by atoms with Gasteiger partial charge in [0, 0.05) is 29.0 Å². The Labute approximate surface area is 131 Å². The van der Waals surface area contributed by atoms with Crippen molar-refractivity contribution in [1.29, 1.82) is 0 Å². The molecule has 0 atom stereocenters. The molecule has 4 nitrogen and oxygen atoms in total. The molecule has 0 bridgehead atoms. The van der Waals surface area contributed by atoms with Gasteiger partial charge >= 0.3 is 0 Å². The lowest BCUT2D eigenvalue weighted by Gasteiger charge is -2.13. The van der Waals surface area contributed by atoms with Gasteiger partial charge in [0.1, 0.15) is 5.82 Å². The molecule has 21 heavy (non-hydrogen) atoms. The van der Waals surface area contributed by atoms with Gasteiger partial charge in [0.05, 0.1) is 0 Å². The number of aryl methyl sites for hydroxylation is 1. The largest absolute Gasteiger partial charge is 0.354 e. The van der Waals surface area contributed by atoms with E-state index in [2.05, 4.69) is 34.4 Å². The lowest BCUT2D eigenvalue weighted by molar-refractivity contribution is 0.684. The van der Waals surface area contributed by atoms with Crippen LogP contribution in [0.2, 0.25) is 5.02 Å². The van der Waals surface area contributed by atoms with Crippen LogP contribution in [0.1, 0.15) is 25.1 Å². The molecule has 1 heterocycles. The normalized spacial score (nSPS) is 10.8. The second-order valence-electron chi connectivity index (χ2n) is 5.53. The van der Waals surface area contributed by atoms with Crippen LogP contribution in [0.25, 0.3) is 0 Å². The van der Waals surface area contributed by atoms with E-state index in [9.17, 15) is 0 Å². The molecule has 1 aromatic heterocycles. The van der Waals surface area contributed by atoms with Gasteiger partial charge in [0.15, 0.2) is 0 Å². The molecule has 0 fully saturated rings. The minimum atomic E-state index is 0.542. The number of aromatic nitrogens is 2. The van der Waals surface area contributed by atoms with Crippen molar-refractivity contribution in [3.63, 3.8) is 0 Å². The lowest BCUT2D eigenvalue weighted by atomic mass is 10.2. The van der Waals surface area contributed by atoms with E-state index < -0.39 is 0 Å². The Balaban J connectivity index is 2.21. The number of hydrogen-bond donors (Lipinski definition) is 2. The van der Waals surface area contributed by atoms with E-state index in [-0.39, 0.29) is 0 Å². The summed E-state index contributed by atoms with van der Waals surface area (Å²) in [5.41, 5.74) is 2.88. The zero-order chi connectivity index (χ0) is 15.4. The molecule has 5 heteroatoms. The smallest absolute Gasteiger partial charge is 0.224 e. The number of benzene rings is 1. The molecule has 2 aromatic rings. The highest BCUT2D eigenvalue weighted by molar-refractivity contribution is 6.31. The van der Waals surface area contributed by atoms with Gasteiger partial charge in [-0.05, 0) is 37.5 Å². The standard InChI is InChI=1S/C16H21ClN4/c1-10(2)9-18-16-19-11(3)8-15(21-16)20-14-7-5-6-13(17)12(14)4/h5-8,10H,9H2,1-4H3,(H2,18,19,20,21). The van der Waals surface area contributed by atoms with Crippen LogP contribution >= 0.6 is 11.6 Å². The maximum Gasteiger partial charge on any atom is 0.224 e. The molecule has 112 valence electrons. The van der Waals surface area contributed by atoms with Crippen LogP contribution in [-0.4, -0.2) is 16.5 Å². The molecule has 0 saturated heterocycles. The summed E-state index contributed by atoms with van der Waals surface area (Å²) in [7, 11) is 0. The third kappa shape index (κ3) is 4.33. The van der Waals surface area contributed by atoms with Gasteiger partial charge < -0.3 is 10.6 Å². The molecule has 1 aromatic carbocycles. The van der Waals surface area contributed by atoms with E-state index in [0.29, 0.717) is 11.9 Å². The first-order chi connectivity index (χ1) is 9.95. The van der Waals surface area contributed by atoms with Gasteiger partial charge in [-0.15, -0.1) is 0 Å². The highest BCUT2D eigenvalue weighted by Crippen LogP contribution is 2.25. The Morgan fingerprint density at radius 2 is 1.95 bits per heavy atom. The maximum atomic E-state index is 6.14. The van der Waals surface area contributed by atoms with Crippen molar-refractivity contribution in [2.75, 3.05) is 17.2 Å². The summed E-state index contributed by atoms with van der Waals surface area (Å²) in [5, 5.41) is 7.29. The molecule has 0 amide bonds. The van der Waals surface area contributed by atoms with Crippen LogP contribution in [0.5, 0.6) is 0 Å². The molecule has 0 aliphatic rings. The second kappa shape index (κ2) is 6.76. The SMILES string of the molecule is Cc1cc(Nc2cccc(Cl)c2C)nc(NCC(C)C)n1. The molecule has 2 N–H and O–H groups in total. The van der Waals surface area contributed by atoms with Crippen molar-refractivity contribution in [2.24, 2.45) is 5.92 Å². The molecular formula is C16H21ClN4. The van der Waals surface area contributed by atoms with Gasteiger partial charge in [-0.3, -0.25) is 0 Å². The molecule has 0 spiro atoms. The van der Waals surface area contributed by atoms with Crippen molar-refractivity contribution >= 4 is 29.1 Å². The van der Waals surface area contributed by atoms with E-state index >= 15 is 0 Å². The zero-order valence-electron chi connectivity index (χ0n) is 12.9. The monoisotopic (exact) mass is 304 g/mol. The second-order valence-corrected chi connectivity index (χ2v) is 5.94. The fourth-order valence-electron chi connectivity index (χ4n) is 1.89. The molecule has 0 aliphatic carbocycles. The molecule has 0 unspecified atom stereocenters. The summed E-state index contributed by atoms with van der Waals surface area (Å²) < 4.78 is 0. The fourth-order valence-corrected chi connectivity index (χ4v) is 2.06. The van der Waals surface area contributed by atoms with Gasteiger partial charge in [-0.2, -0.15) is 4.98 Å². The van der Waals surface area contributed by atoms with Crippen LogP contribution in [0.4, 0.5) is 17.5 Å². The topological polar surface area (TPSA) is 49.8 Å². The van der Waals surface area contributed by atoms with Crippen LogP contribution in [0.15, 0.2) is 24.3 Å². The highest BCUT2D eigenvalue weighted by atomic mass is 35.5. The predicted molar refractivity (Wildman–Crippen MR) is 89.6 cm³/mol. The Hall–Kier alpha value is -1.81. The van der Waals surface area contributed by atoms with E-state index in [1.807, 2.05) is 38.1 Å². The number of hydrogen-bond acceptors (Lipinski definition) is 4. The summed E-state index contributed by atoms with van der Waals surface area (Å²) in [6.07, 6.45) is 0. The summed E-state index contributed by atoms with van der Waals surface area (Å²) >= 11 is 6.14. The van der Waals surface area contributed by atoms with Crippen LogP contribution < -0.4 is 10.6 Å². The average Bonchev–Trinajstić information content (AvgIpc) is 2.41. The highest BCUT2D eigenvalue weighted by Gasteiger charge is 2.06. The van der Waals surface area contributed by atoms with Crippen molar-refractivity contribution in [2.45, 2.75) is 27.7 Å². The van der Waals surface area contributed by atoms with E-state index in [4.69, 9.17) is 11.6 Å². The lowest BCUT2D eigenvalue weighted by Crippen LogP contribution is -2.11. The minimum Gasteiger partial charge on any atom is -0.354 e. The van der Waals surface area contributed by atoms with E-state index in [1.165, 1.54) is 0 Å². The average molecular weight is 305 g/mol. The van der Waals surface area contributed by atoms with E-state index in [1.54, 1.807) is 0 Å². The van der Waals surface area contributed by atoms with Crippen molar-refractivity contribution in [1.82, 2.24) is 9.97 Å². The van der Waals surface area contributed by atoms with Crippen LogP contribution in [-0.2, 0) is 0 Å². The van der Waals surface area contributed by atoms with Gasteiger partial charge in [-0.1, -0.05) is 31.5 Å². The molecule has 0 radical (unpaired) electrons. The molecule has 2 rings (SSSR count). The Bertz CT molecular complexity index is 626. The van der Waals surface area contributed by atoms with Gasteiger partial charge in [0.25, 0.3) is 0 Å². The van der Waals surface area contributed by atoms with Crippen LogP contribution in [0.3, 0.4) is 0 Å². The quantitative estimate of drug-likeness (QED) is 0.850. The Kier molecular flexibility index (Phi) is 5.02. The van der Waals surface area contributed by atoms with Crippen molar-refractivity contribution in [3.8, 4) is 0 Å². The Morgan fingerprint density at radius 3 is 2.67 bits per heavy atom. The first-order valence-electron chi connectivity index (χ1n) is 7.07. The number of anilines is 3. The van der Waals surface area contributed by atoms with Gasteiger partial charge in [0.2, 0.25) is 5.95 Å². The number of nitrogens with one attached hydrogen (secondary N) is 2. The van der Waals surface area contributed by atoms with Crippen LogP contribution in [0, 0.1) is 19.8 Å². The number of halogens is 1. The third-order valence-corrected chi connectivity index (χ3v) is 3.46. The molecule has 0 saturated carbocycles. The van der Waals surface area contributed by atoms with Gasteiger partial charge in [-0.25, -0.2) is 4.98 Å². The summed E-state index contributed by atoms with van der Waals surface area (Å²) in [5.74, 6) is 1.95. The summed E-state index contributed by atoms with van der Waals surface area (Å²) in [6.45, 7) is 9.09. The molecular weight excluding hydrogens is 284 g/mol. The Morgan fingerprint density at radius 1 is 1.19 bits per heavy atom. The summed E-state index contributed by atoms with van der Waals surface area (Å²) in [4.78, 5) is 8.89. The predicted octanol–water partition coefficient (Wildman–Crippen LogP) is 4.56. The third-order valence-electron chi connectivity index (χ3n) is 3.05. The van der Waals surface area contributed by atoms with Crippen molar-refractivity contribution in [3.05, 3.63) is 40.5 Å². The van der Waals surface area contributed by atoms with Crippen molar-refractivity contribution < 1.29 is 0 Å². The first kappa shape index (κ1) is 15.6. The molecule has 0 aliphatic heterocycles. The number of nitrogens with zero attached hydrogens (tertiary/aromatic N) is 2. The number of rotatable bonds is 5. The maximum absolute atomic E-state index is 6.14.